The minimum absolute atomic E-state index is 0.422. The highest BCUT2D eigenvalue weighted by Crippen LogP contribution is 2.20. The van der Waals surface area contributed by atoms with Crippen LogP contribution < -0.4 is 0 Å². The molecule has 0 aliphatic heterocycles. The van der Waals surface area contributed by atoms with Crippen LogP contribution in [0.2, 0.25) is 0 Å². The van der Waals surface area contributed by atoms with Gasteiger partial charge in [0.05, 0.1) is 0 Å². The summed E-state index contributed by atoms with van der Waals surface area (Å²) in [6.07, 6.45) is 6.46. The summed E-state index contributed by atoms with van der Waals surface area (Å²) < 4.78 is 5.90. The molecule has 0 radical (unpaired) electrons. The molecule has 0 fully saturated rings. The smallest absolute Gasteiger partial charge is 0.115 e. The highest BCUT2D eigenvalue weighted by Gasteiger charge is 2.11. The first-order valence-corrected chi connectivity index (χ1v) is 7.61. The van der Waals surface area contributed by atoms with Crippen LogP contribution in [0, 0.1) is 5.92 Å². The molecule has 0 aromatic carbocycles. The second-order valence-electron chi connectivity index (χ2n) is 6.26. The summed E-state index contributed by atoms with van der Waals surface area (Å²) in [6.45, 7) is 10.3. The third-order valence-corrected chi connectivity index (χ3v) is 3.61. The van der Waals surface area contributed by atoms with Crippen molar-refractivity contribution in [3.63, 3.8) is 0 Å². The number of nitrogens with zero attached hydrogens (tertiary/aromatic N) is 2. The standard InChI is InChI=1S/C17H30N2O/c1-13(2)11-18-15(4)16-8-7-9-17(10-16)20-12-14(3)19(5)6/h9-10,13-14H,7-8,11-12H2,1-6H3/t14-/m1/s1. The van der Waals surface area contributed by atoms with Crippen molar-refractivity contribution in [1.29, 1.82) is 0 Å². The Morgan fingerprint density at radius 1 is 1.35 bits per heavy atom. The van der Waals surface area contributed by atoms with E-state index in [0.29, 0.717) is 12.0 Å². The van der Waals surface area contributed by atoms with E-state index in [2.05, 4.69) is 63.8 Å². The monoisotopic (exact) mass is 278 g/mol. The predicted octanol–water partition coefficient (Wildman–Crippen LogP) is 3.67. The van der Waals surface area contributed by atoms with E-state index >= 15 is 0 Å². The van der Waals surface area contributed by atoms with Gasteiger partial charge in [-0.2, -0.15) is 0 Å². The molecular formula is C17H30N2O. The number of ether oxygens (including phenoxy) is 1. The van der Waals surface area contributed by atoms with E-state index < -0.39 is 0 Å². The fourth-order valence-corrected chi connectivity index (χ4v) is 1.85. The predicted molar refractivity (Wildman–Crippen MR) is 87.3 cm³/mol. The zero-order valence-corrected chi connectivity index (χ0v) is 13.9. The normalized spacial score (nSPS) is 18.1. The van der Waals surface area contributed by atoms with Gasteiger partial charge in [0, 0.05) is 18.3 Å². The first kappa shape index (κ1) is 17.0. The summed E-state index contributed by atoms with van der Waals surface area (Å²) in [4.78, 5) is 6.83. The van der Waals surface area contributed by atoms with Gasteiger partial charge in [0.2, 0.25) is 0 Å². The minimum Gasteiger partial charge on any atom is -0.492 e. The molecule has 0 amide bonds. The molecule has 0 aromatic rings. The third-order valence-electron chi connectivity index (χ3n) is 3.61. The zero-order valence-electron chi connectivity index (χ0n) is 13.9. The Kier molecular flexibility index (Phi) is 7.00. The van der Waals surface area contributed by atoms with Gasteiger partial charge in [-0.1, -0.05) is 13.8 Å². The average Bonchev–Trinajstić information content (AvgIpc) is 2.42. The Bertz CT molecular complexity index is 392. The summed E-state index contributed by atoms with van der Waals surface area (Å²) in [5.41, 5.74) is 2.48. The van der Waals surface area contributed by atoms with Crippen molar-refractivity contribution >= 4 is 5.71 Å². The maximum atomic E-state index is 5.90. The van der Waals surface area contributed by atoms with E-state index in [0.717, 1.165) is 37.5 Å². The maximum Gasteiger partial charge on any atom is 0.115 e. The molecule has 0 bridgehead atoms. The van der Waals surface area contributed by atoms with Crippen LogP contribution in [0.3, 0.4) is 0 Å². The van der Waals surface area contributed by atoms with Crippen molar-refractivity contribution in [2.75, 3.05) is 27.2 Å². The molecule has 3 nitrogen and oxygen atoms in total. The summed E-state index contributed by atoms with van der Waals surface area (Å²) in [6, 6.07) is 0.422. The number of aliphatic imine (C=N–C) groups is 1. The van der Waals surface area contributed by atoms with E-state index in [-0.39, 0.29) is 0 Å². The van der Waals surface area contributed by atoms with Gasteiger partial charge in [0.1, 0.15) is 12.4 Å². The molecule has 20 heavy (non-hydrogen) atoms. The zero-order chi connectivity index (χ0) is 15.1. The van der Waals surface area contributed by atoms with E-state index in [4.69, 9.17) is 4.74 Å². The topological polar surface area (TPSA) is 24.8 Å². The molecule has 1 aliphatic rings. The molecule has 1 atom stereocenters. The van der Waals surface area contributed by atoms with Crippen molar-refractivity contribution in [3.05, 3.63) is 23.5 Å². The van der Waals surface area contributed by atoms with E-state index in [9.17, 15) is 0 Å². The summed E-state index contributed by atoms with van der Waals surface area (Å²) in [7, 11) is 4.15. The summed E-state index contributed by atoms with van der Waals surface area (Å²) in [5, 5.41) is 0. The number of allylic oxidation sites excluding steroid dienone is 3. The van der Waals surface area contributed by atoms with Gasteiger partial charge in [-0.15, -0.1) is 0 Å². The van der Waals surface area contributed by atoms with E-state index in [1.165, 1.54) is 5.57 Å². The lowest BCUT2D eigenvalue weighted by molar-refractivity contribution is 0.145. The fraction of sp³-hybridized carbons (Fsp3) is 0.706. The Morgan fingerprint density at radius 2 is 2.05 bits per heavy atom. The van der Waals surface area contributed by atoms with Crippen LogP contribution in [0.4, 0.5) is 0 Å². The van der Waals surface area contributed by atoms with Crippen molar-refractivity contribution in [2.24, 2.45) is 10.9 Å². The molecule has 1 aliphatic carbocycles. The lowest BCUT2D eigenvalue weighted by atomic mass is 10.00. The number of hydrogen-bond acceptors (Lipinski definition) is 3. The van der Waals surface area contributed by atoms with Crippen molar-refractivity contribution in [1.82, 2.24) is 4.90 Å². The lowest BCUT2D eigenvalue weighted by Crippen LogP contribution is -2.29. The molecule has 0 heterocycles. The van der Waals surface area contributed by atoms with Gasteiger partial charge in [0.15, 0.2) is 0 Å². The molecule has 0 aromatic heterocycles. The van der Waals surface area contributed by atoms with Crippen LogP contribution in [0.15, 0.2) is 28.5 Å². The van der Waals surface area contributed by atoms with Gasteiger partial charge in [-0.25, -0.2) is 0 Å². The van der Waals surface area contributed by atoms with Crippen molar-refractivity contribution in [2.45, 2.75) is 46.6 Å². The molecule has 3 heteroatoms. The van der Waals surface area contributed by atoms with Gasteiger partial charge in [-0.05, 0) is 64.4 Å². The molecule has 0 saturated carbocycles. The molecule has 0 spiro atoms. The third kappa shape index (κ3) is 5.91. The van der Waals surface area contributed by atoms with Crippen LogP contribution in [-0.2, 0) is 4.74 Å². The Balaban J connectivity index is 2.58. The number of likely N-dealkylation sites (N-methyl/N-ethyl adjacent to an activating group) is 1. The second-order valence-corrected chi connectivity index (χ2v) is 6.26. The maximum absolute atomic E-state index is 5.90. The van der Waals surface area contributed by atoms with Gasteiger partial charge in [-0.3, -0.25) is 4.99 Å². The number of hydrogen-bond donors (Lipinski definition) is 0. The average molecular weight is 278 g/mol. The Labute approximate surface area is 124 Å². The van der Waals surface area contributed by atoms with Crippen molar-refractivity contribution in [3.8, 4) is 0 Å². The molecule has 0 saturated heterocycles. The van der Waals surface area contributed by atoms with Crippen LogP contribution in [-0.4, -0.2) is 43.9 Å². The largest absolute Gasteiger partial charge is 0.492 e. The highest BCUT2D eigenvalue weighted by molar-refractivity contribution is 5.98. The summed E-state index contributed by atoms with van der Waals surface area (Å²) >= 11 is 0. The van der Waals surface area contributed by atoms with Crippen molar-refractivity contribution < 1.29 is 4.74 Å². The second kappa shape index (κ2) is 8.25. The Morgan fingerprint density at radius 3 is 2.65 bits per heavy atom. The quantitative estimate of drug-likeness (QED) is 0.664. The highest BCUT2D eigenvalue weighted by atomic mass is 16.5. The van der Waals surface area contributed by atoms with Crippen LogP contribution in [0.1, 0.15) is 40.5 Å². The first-order valence-electron chi connectivity index (χ1n) is 7.61. The summed E-state index contributed by atoms with van der Waals surface area (Å²) in [5.74, 6) is 1.61. The molecule has 0 N–H and O–H groups in total. The van der Waals surface area contributed by atoms with Gasteiger partial charge >= 0.3 is 0 Å². The molecule has 1 rings (SSSR count). The molecule has 0 unspecified atom stereocenters. The molecule has 114 valence electrons. The van der Waals surface area contributed by atoms with Gasteiger partial charge in [0.25, 0.3) is 0 Å². The van der Waals surface area contributed by atoms with Crippen LogP contribution >= 0.6 is 0 Å². The molecular weight excluding hydrogens is 248 g/mol. The van der Waals surface area contributed by atoms with Crippen LogP contribution in [0.25, 0.3) is 0 Å². The van der Waals surface area contributed by atoms with Gasteiger partial charge < -0.3 is 9.64 Å². The van der Waals surface area contributed by atoms with Crippen LogP contribution in [0.5, 0.6) is 0 Å². The lowest BCUT2D eigenvalue weighted by Gasteiger charge is -2.22. The van der Waals surface area contributed by atoms with E-state index in [1.807, 2.05) is 0 Å². The minimum atomic E-state index is 0.422. The fourth-order valence-electron chi connectivity index (χ4n) is 1.85. The first-order chi connectivity index (χ1) is 9.40. The van der Waals surface area contributed by atoms with E-state index in [1.54, 1.807) is 0 Å². The SMILES string of the molecule is CC(=NCC(C)C)C1=CC(OC[C@@H](C)N(C)C)=CCC1. The number of rotatable bonds is 7. The Hall–Kier alpha value is -1.09.